The lowest BCUT2D eigenvalue weighted by atomic mass is 10.2. The van der Waals surface area contributed by atoms with Gasteiger partial charge in [0.1, 0.15) is 5.75 Å². The van der Waals surface area contributed by atoms with E-state index in [0.29, 0.717) is 13.2 Å². The number of carbonyl (C=O) groups excluding carboxylic acids is 1. The van der Waals surface area contributed by atoms with Crippen molar-refractivity contribution in [3.05, 3.63) is 66.0 Å². The lowest BCUT2D eigenvalue weighted by molar-refractivity contribution is -0.124. The topological polar surface area (TPSA) is 42.4 Å². The molecule has 0 aliphatic carbocycles. The van der Waals surface area contributed by atoms with Gasteiger partial charge in [-0.25, -0.2) is 0 Å². The first-order valence-electron chi connectivity index (χ1n) is 7.74. The molecule has 0 fully saturated rings. The number of nitrogens with zero attached hydrogens (tertiary/aromatic N) is 2. The van der Waals surface area contributed by atoms with E-state index in [1.165, 1.54) is 5.56 Å². The normalized spacial score (nSPS) is 10.7. The molecule has 4 nitrogen and oxygen atoms in total. The predicted octanol–water partition coefficient (Wildman–Crippen LogP) is 3.19. The number of likely N-dealkylation sites (N-methyl/N-ethyl adjacent to an activating group) is 1. The average Bonchev–Trinajstić information content (AvgIpc) is 2.60. The van der Waals surface area contributed by atoms with Crippen LogP contribution >= 0.6 is 0 Å². The summed E-state index contributed by atoms with van der Waals surface area (Å²) in [6.45, 7) is 3.28. The van der Waals surface area contributed by atoms with E-state index in [4.69, 9.17) is 4.74 Å². The Balaban J connectivity index is 1.84. The standard InChI is InChI=1S/C19H22N2O2/c1-3-23-18-7-4-16(5-8-18)6-9-19(22)21(2)15-12-17-10-13-20-14-11-17/h4-11,13-14H,3,12,15H2,1-2H3/b9-6+. The van der Waals surface area contributed by atoms with Crippen molar-refractivity contribution in [1.29, 1.82) is 0 Å². The van der Waals surface area contributed by atoms with E-state index >= 15 is 0 Å². The third-order valence-electron chi connectivity index (χ3n) is 3.47. The molecule has 0 unspecified atom stereocenters. The smallest absolute Gasteiger partial charge is 0.246 e. The summed E-state index contributed by atoms with van der Waals surface area (Å²) in [7, 11) is 1.81. The van der Waals surface area contributed by atoms with Gasteiger partial charge in [0.05, 0.1) is 6.61 Å². The molecule has 1 aromatic carbocycles. The zero-order valence-corrected chi connectivity index (χ0v) is 13.6. The van der Waals surface area contributed by atoms with Crippen molar-refractivity contribution in [2.24, 2.45) is 0 Å². The molecule has 0 N–H and O–H groups in total. The van der Waals surface area contributed by atoms with Gasteiger partial charge in [-0.15, -0.1) is 0 Å². The van der Waals surface area contributed by atoms with Gasteiger partial charge in [0.15, 0.2) is 0 Å². The van der Waals surface area contributed by atoms with E-state index in [2.05, 4.69) is 4.98 Å². The number of carbonyl (C=O) groups is 1. The van der Waals surface area contributed by atoms with Crippen LogP contribution in [-0.2, 0) is 11.2 Å². The van der Waals surface area contributed by atoms with Crippen LogP contribution in [0.5, 0.6) is 5.75 Å². The van der Waals surface area contributed by atoms with Crippen LogP contribution in [0.1, 0.15) is 18.1 Å². The molecule has 0 saturated heterocycles. The number of amides is 1. The van der Waals surface area contributed by atoms with Gasteiger partial charge in [-0.1, -0.05) is 12.1 Å². The monoisotopic (exact) mass is 310 g/mol. The minimum atomic E-state index is -0.00654. The number of pyridine rings is 1. The lowest BCUT2D eigenvalue weighted by Crippen LogP contribution is -2.27. The molecule has 0 aliphatic heterocycles. The Kier molecular flexibility index (Phi) is 6.36. The van der Waals surface area contributed by atoms with Gasteiger partial charge in [0, 0.05) is 32.1 Å². The fraction of sp³-hybridized carbons (Fsp3) is 0.263. The second-order valence-electron chi connectivity index (χ2n) is 5.20. The first kappa shape index (κ1) is 16.7. The molecule has 120 valence electrons. The number of rotatable bonds is 7. The summed E-state index contributed by atoms with van der Waals surface area (Å²) in [6.07, 6.45) is 7.77. The summed E-state index contributed by atoms with van der Waals surface area (Å²) in [5.41, 5.74) is 2.15. The molecule has 1 aromatic heterocycles. The van der Waals surface area contributed by atoms with E-state index in [1.807, 2.05) is 56.4 Å². The SMILES string of the molecule is CCOc1ccc(/C=C/C(=O)N(C)CCc2ccncc2)cc1. The maximum absolute atomic E-state index is 12.1. The molecule has 0 aliphatic rings. The molecule has 0 atom stereocenters. The number of hydrogen-bond acceptors (Lipinski definition) is 3. The summed E-state index contributed by atoms with van der Waals surface area (Å²) < 4.78 is 5.39. The maximum Gasteiger partial charge on any atom is 0.246 e. The second kappa shape index (κ2) is 8.73. The van der Waals surface area contributed by atoms with Gasteiger partial charge in [0.25, 0.3) is 0 Å². The number of benzene rings is 1. The van der Waals surface area contributed by atoms with Crippen molar-refractivity contribution < 1.29 is 9.53 Å². The Morgan fingerprint density at radius 1 is 1.17 bits per heavy atom. The Morgan fingerprint density at radius 2 is 1.87 bits per heavy atom. The summed E-state index contributed by atoms with van der Waals surface area (Å²) in [5, 5.41) is 0. The van der Waals surface area contributed by atoms with Gasteiger partial charge < -0.3 is 9.64 Å². The molecular weight excluding hydrogens is 288 g/mol. The number of aromatic nitrogens is 1. The third-order valence-corrected chi connectivity index (χ3v) is 3.47. The Labute approximate surface area is 137 Å². The van der Waals surface area contributed by atoms with Gasteiger partial charge in [0.2, 0.25) is 5.91 Å². The molecule has 2 aromatic rings. The quantitative estimate of drug-likeness (QED) is 0.738. The summed E-state index contributed by atoms with van der Waals surface area (Å²) in [4.78, 5) is 17.8. The van der Waals surface area contributed by atoms with Gasteiger partial charge in [-0.05, 0) is 54.8 Å². The van der Waals surface area contributed by atoms with Crippen LogP contribution in [0.25, 0.3) is 6.08 Å². The highest BCUT2D eigenvalue weighted by molar-refractivity contribution is 5.91. The van der Waals surface area contributed by atoms with E-state index < -0.39 is 0 Å². The molecule has 23 heavy (non-hydrogen) atoms. The Bertz CT molecular complexity index is 636. The van der Waals surface area contributed by atoms with Crippen molar-refractivity contribution in [2.45, 2.75) is 13.3 Å². The Hall–Kier alpha value is -2.62. The van der Waals surface area contributed by atoms with E-state index in [0.717, 1.165) is 17.7 Å². The first-order valence-corrected chi connectivity index (χ1v) is 7.74. The fourth-order valence-corrected chi connectivity index (χ4v) is 2.09. The van der Waals surface area contributed by atoms with Crippen LogP contribution in [0, 0.1) is 0 Å². The highest BCUT2D eigenvalue weighted by atomic mass is 16.5. The molecule has 4 heteroatoms. The van der Waals surface area contributed by atoms with Crippen molar-refractivity contribution >= 4 is 12.0 Å². The molecule has 0 bridgehead atoms. The highest BCUT2D eigenvalue weighted by Gasteiger charge is 2.04. The van der Waals surface area contributed by atoms with Crippen LogP contribution in [0.4, 0.5) is 0 Å². The van der Waals surface area contributed by atoms with Crippen LogP contribution in [0.15, 0.2) is 54.9 Å². The third kappa shape index (κ3) is 5.58. The first-order chi connectivity index (χ1) is 11.2. The maximum atomic E-state index is 12.1. The predicted molar refractivity (Wildman–Crippen MR) is 92.2 cm³/mol. The summed E-state index contributed by atoms with van der Waals surface area (Å²) in [5.74, 6) is 0.832. The highest BCUT2D eigenvalue weighted by Crippen LogP contribution is 2.13. The summed E-state index contributed by atoms with van der Waals surface area (Å²) >= 11 is 0. The zero-order valence-electron chi connectivity index (χ0n) is 13.6. The van der Waals surface area contributed by atoms with Crippen molar-refractivity contribution in [2.75, 3.05) is 20.2 Å². The molecule has 1 heterocycles. The van der Waals surface area contributed by atoms with Crippen LogP contribution in [-0.4, -0.2) is 36.0 Å². The second-order valence-corrected chi connectivity index (χ2v) is 5.20. The van der Waals surface area contributed by atoms with E-state index in [1.54, 1.807) is 23.4 Å². The van der Waals surface area contributed by atoms with Crippen molar-refractivity contribution in [1.82, 2.24) is 9.88 Å². The minimum absolute atomic E-state index is 0.00654. The van der Waals surface area contributed by atoms with Crippen molar-refractivity contribution in [3.8, 4) is 5.75 Å². The molecule has 0 spiro atoms. The number of hydrogen-bond donors (Lipinski definition) is 0. The van der Waals surface area contributed by atoms with E-state index in [9.17, 15) is 4.79 Å². The minimum Gasteiger partial charge on any atom is -0.494 e. The van der Waals surface area contributed by atoms with Crippen LogP contribution < -0.4 is 4.74 Å². The summed E-state index contributed by atoms with van der Waals surface area (Å²) in [6, 6.07) is 11.6. The zero-order chi connectivity index (χ0) is 16.5. The molecule has 1 amide bonds. The van der Waals surface area contributed by atoms with Gasteiger partial charge >= 0.3 is 0 Å². The molecule has 2 rings (SSSR count). The fourth-order valence-electron chi connectivity index (χ4n) is 2.09. The average molecular weight is 310 g/mol. The van der Waals surface area contributed by atoms with Crippen LogP contribution in [0.3, 0.4) is 0 Å². The van der Waals surface area contributed by atoms with Gasteiger partial charge in [-0.3, -0.25) is 9.78 Å². The number of ether oxygens (including phenoxy) is 1. The Morgan fingerprint density at radius 3 is 2.52 bits per heavy atom. The lowest BCUT2D eigenvalue weighted by Gasteiger charge is -2.14. The van der Waals surface area contributed by atoms with Crippen LogP contribution in [0.2, 0.25) is 0 Å². The molecule has 0 radical (unpaired) electrons. The van der Waals surface area contributed by atoms with E-state index in [-0.39, 0.29) is 5.91 Å². The van der Waals surface area contributed by atoms with Gasteiger partial charge in [-0.2, -0.15) is 0 Å². The molecular formula is C19H22N2O2. The largest absolute Gasteiger partial charge is 0.494 e. The van der Waals surface area contributed by atoms with Crippen molar-refractivity contribution in [3.63, 3.8) is 0 Å². The molecule has 0 saturated carbocycles.